The van der Waals surface area contributed by atoms with Crippen molar-refractivity contribution >= 4 is 57.5 Å². The number of rotatable bonds is 7. The van der Waals surface area contributed by atoms with Crippen LogP contribution in [0.15, 0.2) is 48.5 Å². The van der Waals surface area contributed by atoms with Gasteiger partial charge in [0.25, 0.3) is 5.91 Å². The zero-order valence-corrected chi connectivity index (χ0v) is 22.6. The number of methoxy groups -OCH3 is 1. The van der Waals surface area contributed by atoms with E-state index in [4.69, 9.17) is 37.7 Å². The molecule has 1 aliphatic heterocycles. The predicted octanol–water partition coefficient (Wildman–Crippen LogP) is 7.01. The molecule has 1 amide bonds. The van der Waals surface area contributed by atoms with Gasteiger partial charge in [0.15, 0.2) is 0 Å². The Balaban J connectivity index is 1.65. The number of para-hydroxylation sites is 1. The van der Waals surface area contributed by atoms with E-state index in [0.29, 0.717) is 63.8 Å². The van der Waals surface area contributed by atoms with Crippen molar-refractivity contribution in [1.82, 2.24) is 9.55 Å². The normalized spacial score (nSPS) is 13.9. The molecule has 1 aliphatic rings. The molecular formula is C28H28Cl2N4O3. The Bertz CT molecular complexity index is 1480. The summed E-state index contributed by atoms with van der Waals surface area (Å²) in [5, 5.41) is 7.25. The molecule has 3 aromatic carbocycles. The number of carbonyl (C=O) groups excluding carboxylic acids is 1. The molecule has 0 saturated carbocycles. The Morgan fingerprint density at radius 2 is 1.86 bits per heavy atom. The molecule has 192 valence electrons. The maximum atomic E-state index is 13.5. The summed E-state index contributed by atoms with van der Waals surface area (Å²) >= 11 is 12.9. The summed E-state index contributed by atoms with van der Waals surface area (Å²) in [4.78, 5) is 18.3. The van der Waals surface area contributed by atoms with Crippen LogP contribution in [0.25, 0.3) is 11.0 Å². The highest BCUT2D eigenvalue weighted by Gasteiger charge is 2.37. The van der Waals surface area contributed by atoms with Crippen molar-refractivity contribution in [3.63, 3.8) is 0 Å². The number of aromatic nitrogens is 2. The molecule has 37 heavy (non-hydrogen) atoms. The van der Waals surface area contributed by atoms with Gasteiger partial charge in [-0.25, -0.2) is 4.98 Å². The van der Waals surface area contributed by atoms with Gasteiger partial charge in [-0.1, -0.05) is 47.0 Å². The van der Waals surface area contributed by atoms with Crippen molar-refractivity contribution in [1.29, 1.82) is 0 Å². The lowest BCUT2D eigenvalue weighted by molar-refractivity contribution is 0.101. The number of hydrogen-bond donors (Lipinski definition) is 2. The van der Waals surface area contributed by atoms with Gasteiger partial charge in [-0.15, -0.1) is 0 Å². The Labute approximate surface area is 225 Å². The highest BCUT2D eigenvalue weighted by Crippen LogP contribution is 2.44. The second-order valence-electron chi connectivity index (χ2n) is 9.76. The van der Waals surface area contributed by atoms with E-state index in [1.807, 2.05) is 49.6 Å². The number of carbonyl (C=O) groups is 1. The average molecular weight is 539 g/mol. The van der Waals surface area contributed by atoms with Crippen molar-refractivity contribution in [3.05, 3.63) is 75.3 Å². The van der Waals surface area contributed by atoms with Crippen LogP contribution in [0.5, 0.6) is 5.75 Å². The van der Waals surface area contributed by atoms with Gasteiger partial charge >= 0.3 is 0 Å². The fourth-order valence-electron chi connectivity index (χ4n) is 4.61. The van der Waals surface area contributed by atoms with Crippen molar-refractivity contribution < 1.29 is 14.3 Å². The Morgan fingerprint density at radius 3 is 2.54 bits per heavy atom. The monoisotopic (exact) mass is 538 g/mol. The Hall–Kier alpha value is -3.26. The van der Waals surface area contributed by atoms with Crippen LogP contribution in [0.3, 0.4) is 0 Å². The van der Waals surface area contributed by atoms with Gasteiger partial charge in [-0.2, -0.15) is 0 Å². The molecule has 5 rings (SSSR count). The first-order valence-electron chi connectivity index (χ1n) is 12.0. The molecule has 9 heteroatoms. The van der Waals surface area contributed by atoms with Gasteiger partial charge in [-0.3, -0.25) is 4.79 Å². The quantitative estimate of drug-likeness (QED) is 0.264. The van der Waals surface area contributed by atoms with E-state index in [9.17, 15) is 4.79 Å². The first-order valence-corrected chi connectivity index (χ1v) is 12.8. The van der Waals surface area contributed by atoms with E-state index in [1.165, 1.54) is 0 Å². The predicted molar refractivity (Wildman–Crippen MR) is 149 cm³/mol. The minimum absolute atomic E-state index is 0.255. The van der Waals surface area contributed by atoms with Gasteiger partial charge in [0.2, 0.25) is 5.95 Å². The largest absolute Gasteiger partial charge is 0.486 e. The molecule has 0 saturated heterocycles. The number of anilines is 3. The smallest absolute Gasteiger partial charge is 0.259 e. The van der Waals surface area contributed by atoms with Crippen LogP contribution in [-0.2, 0) is 17.7 Å². The van der Waals surface area contributed by atoms with Gasteiger partial charge in [0.05, 0.1) is 38.9 Å². The van der Waals surface area contributed by atoms with E-state index >= 15 is 0 Å². The number of nitrogens with one attached hydrogen (secondary N) is 2. The number of halogens is 2. The van der Waals surface area contributed by atoms with Crippen molar-refractivity contribution in [2.45, 2.75) is 39.3 Å². The highest BCUT2D eigenvalue weighted by molar-refractivity contribution is 6.39. The summed E-state index contributed by atoms with van der Waals surface area (Å²) in [6, 6.07) is 14.8. The fourth-order valence-corrected chi connectivity index (χ4v) is 5.10. The maximum Gasteiger partial charge on any atom is 0.259 e. The minimum Gasteiger partial charge on any atom is -0.486 e. The van der Waals surface area contributed by atoms with E-state index in [0.717, 1.165) is 16.6 Å². The van der Waals surface area contributed by atoms with Crippen LogP contribution in [0.1, 0.15) is 35.3 Å². The Morgan fingerprint density at radius 1 is 1.16 bits per heavy atom. The fraction of sp³-hybridized carbons (Fsp3) is 0.286. The molecule has 0 atom stereocenters. The molecule has 0 fully saturated rings. The van der Waals surface area contributed by atoms with E-state index < -0.39 is 5.60 Å². The van der Waals surface area contributed by atoms with Crippen LogP contribution >= 0.6 is 23.2 Å². The SMILES string of the molecule is COCCn1c(Nc2c(Cl)cccc2Cl)nc2cc(C(=O)Nc3ccc(C)cc3)c3c(c21)CC(C)(C)O3. The van der Waals surface area contributed by atoms with E-state index in [-0.39, 0.29) is 5.91 Å². The van der Waals surface area contributed by atoms with Gasteiger partial charge in [-0.05, 0) is 51.1 Å². The number of benzene rings is 3. The molecule has 1 aromatic heterocycles. The van der Waals surface area contributed by atoms with Crippen LogP contribution in [0.4, 0.5) is 17.3 Å². The van der Waals surface area contributed by atoms with Crippen molar-refractivity contribution in [2.24, 2.45) is 0 Å². The van der Waals surface area contributed by atoms with Crippen LogP contribution < -0.4 is 15.4 Å². The average Bonchev–Trinajstić information content (AvgIpc) is 3.36. The zero-order chi connectivity index (χ0) is 26.3. The van der Waals surface area contributed by atoms with Gasteiger partial charge < -0.3 is 24.7 Å². The minimum atomic E-state index is -0.481. The molecule has 0 bridgehead atoms. The summed E-state index contributed by atoms with van der Waals surface area (Å²) < 4.78 is 13.8. The van der Waals surface area contributed by atoms with Gasteiger partial charge in [0.1, 0.15) is 11.4 Å². The van der Waals surface area contributed by atoms with Crippen LogP contribution in [0.2, 0.25) is 10.0 Å². The van der Waals surface area contributed by atoms with Crippen LogP contribution in [0, 0.1) is 6.92 Å². The number of ether oxygens (including phenoxy) is 2. The lowest BCUT2D eigenvalue weighted by atomic mass is 9.98. The number of hydrogen-bond acceptors (Lipinski definition) is 5. The number of fused-ring (bicyclic) bond motifs is 3. The van der Waals surface area contributed by atoms with E-state index in [1.54, 1.807) is 31.4 Å². The topological polar surface area (TPSA) is 77.4 Å². The van der Waals surface area contributed by atoms with E-state index in [2.05, 4.69) is 10.6 Å². The number of imidazole rings is 1. The molecule has 0 radical (unpaired) electrons. The third kappa shape index (κ3) is 4.99. The molecule has 7 nitrogen and oxygen atoms in total. The number of nitrogens with zero attached hydrogens (tertiary/aromatic N) is 2. The zero-order valence-electron chi connectivity index (χ0n) is 21.1. The third-order valence-electron chi connectivity index (χ3n) is 6.33. The maximum absolute atomic E-state index is 13.5. The summed E-state index contributed by atoms with van der Waals surface area (Å²) in [5.41, 5.74) is 4.82. The molecular weight excluding hydrogens is 511 g/mol. The first-order chi connectivity index (χ1) is 17.7. The van der Waals surface area contributed by atoms with Gasteiger partial charge in [0, 0.05) is 31.3 Å². The third-order valence-corrected chi connectivity index (χ3v) is 6.96. The molecule has 2 heterocycles. The lowest BCUT2D eigenvalue weighted by Crippen LogP contribution is -2.25. The summed E-state index contributed by atoms with van der Waals surface area (Å²) in [6.45, 7) is 7.02. The highest BCUT2D eigenvalue weighted by atomic mass is 35.5. The van der Waals surface area contributed by atoms with Crippen LogP contribution in [-0.4, -0.2) is 34.8 Å². The van der Waals surface area contributed by atoms with Crippen molar-refractivity contribution in [2.75, 3.05) is 24.4 Å². The second kappa shape index (κ2) is 9.89. The standard InChI is InChI=1S/C28H28Cl2N4O3/c1-16-8-10-17(11-9-16)31-26(35)18-14-22-24(19-15-28(2,3)37-25(18)19)34(12-13-36-4)27(32-22)33-23-20(29)6-5-7-21(23)30/h5-11,14H,12-13,15H2,1-4H3,(H,31,35)(H,32,33). The first kappa shape index (κ1) is 25.4. The summed E-state index contributed by atoms with van der Waals surface area (Å²) in [5.74, 6) is 0.864. The molecule has 0 spiro atoms. The summed E-state index contributed by atoms with van der Waals surface area (Å²) in [6.07, 6.45) is 0.620. The molecule has 2 N–H and O–H groups in total. The summed E-state index contributed by atoms with van der Waals surface area (Å²) in [7, 11) is 1.65. The van der Waals surface area contributed by atoms with Crippen molar-refractivity contribution in [3.8, 4) is 5.75 Å². The number of amides is 1. The molecule has 0 unspecified atom stereocenters. The molecule has 0 aliphatic carbocycles. The molecule has 4 aromatic rings. The Kier molecular flexibility index (Phi) is 6.79. The number of aryl methyl sites for hydroxylation is 1. The second-order valence-corrected chi connectivity index (χ2v) is 10.6. The lowest BCUT2D eigenvalue weighted by Gasteiger charge is -2.18.